The van der Waals surface area contributed by atoms with Crippen LogP contribution in [0.5, 0.6) is 5.88 Å². The smallest absolute Gasteiger partial charge is 0.388 e. The molecule has 0 radical (unpaired) electrons. The Morgan fingerprint density at radius 2 is 1.84 bits per heavy atom. The molecule has 19 heavy (non-hydrogen) atoms. The predicted octanol–water partition coefficient (Wildman–Crippen LogP) is 3.83. The number of hydrogen-bond donors (Lipinski definition) is 1. The number of hydrogen-bond acceptors (Lipinski definition) is 2. The van der Waals surface area contributed by atoms with Crippen LogP contribution in [0.15, 0.2) is 48.5 Å². The summed E-state index contributed by atoms with van der Waals surface area (Å²) in [4.78, 5) is 7.12. The molecule has 0 unspecified atom stereocenters. The lowest BCUT2D eigenvalue weighted by Gasteiger charge is -2.00. The first kappa shape index (κ1) is 11.6. The van der Waals surface area contributed by atoms with Crippen LogP contribution in [0, 0.1) is 0 Å². The Hall–Kier alpha value is -2.43. The molecule has 5 heteroatoms. The van der Waals surface area contributed by atoms with Crippen molar-refractivity contribution in [2.24, 2.45) is 0 Å². The Morgan fingerprint density at radius 1 is 1.05 bits per heavy atom. The molecule has 1 aromatic carbocycles. The number of fused-ring (bicyclic) bond motifs is 1. The number of H-pyrrole nitrogens is 1. The highest BCUT2D eigenvalue weighted by molar-refractivity contribution is 5.80. The first-order valence-electron chi connectivity index (χ1n) is 5.72. The van der Waals surface area contributed by atoms with Gasteiger partial charge in [-0.2, -0.15) is 8.78 Å². The second-order valence-corrected chi connectivity index (χ2v) is 4.01. The Morgan fingerprint density at radius 3 is 2.58 bits per heavy atom. The summed E-state index contributed by atoms with van der Waals surface area (Å²) in [6.07, 6.45) is 0. The molecule has 2 heterocycles. The number of pyridine rings is 1. The topological polar surface area (TPSA) is 37.9 Å². The first-order chi connectivity index (χ1) is 9.22. The average Bonchev–Trinajstić information content (AvgIpc) is 2.79. The molecule has 0 saturated carbocycles. The first-order valence-corrected chi connectivity index (χ1v) is 5.72. The van der Waals surface area contributed by atoms with Gasteiger partial charge in [-0.15, -0.1) is 0 Å². The van der Waals surface area contributed by atoms with Crippen molar-refractivity contribution in [3.05, 3.63) is 48.5 Å². The molecular formula is C14H10F2N2O. The Labute approximate surface area is 107 Å². The van der Waals surface area contributed by atoms with Crippen molar-refractivity contribution in [3.8, 4) is 17.1 Å². The van der Waals surface area contributed by atoms with Gasteiger partial charge >= 0.3 is 6.61 Å². The van der Waals surface area contributed by atoms with E-state index in [0.717, 1.165) is 16.6 Å². The van der Waals surface area contributed by atoms with Crippen molar-refractivity contribution in [3.63, 3.8) is 0 Å². The van der Waals surface area contributed by atoms with E-state index in [1.54, 1.807) is 0 Å². The van der Waals surface area contributed by atoms with Crippen molar-refractivity contribution >= 4 is 11.0 Å². The fraction of sp³-hybridized carbons (Fsp3) is 0.0714. The lowest BCUT2D eigenvalue weighted by molar-refractivity contribution is -0.0523. The van der Waals surface area contributed by atoms with Crippen LogP contribution in [0.1, 0.15) is 0 Å². The van der Waals surface area contributed by atoms with Crippen LogP contribution in [0.2, 0.25) is 0 Å². The number of halogens is 2. The van der Waals surface area contributed by atoms with Gasteiger partial charge in [-0.3, -0.25) is 0 Å². The number of ether oxygens (including phenoxy) is 1. The van der Waals surface area contributed by atoms with E-state index in [-0.39, 0.29) is 5.88 Å². The third-order valence-corrected chi connectivity index (χ3v) is 2.74. The summed E-state index contributed by atoms with van der Waals surface area (Å²) in [6.45, 7) is -2.85. The van der Waals surface area contributed by atoms with Gasteiger partial charge in [0.2, 0.25) is 0 Å². The highest BCUT2D eigenvalue weighted by Gasteiger charge is 2.09. The molecule has 0 spiro atoms. The predicted molar refractivity (Wildman–Crippen MR) is 68.2 cm³/mol. The van der Waals surface area contributed by atoms with Gasteiger partial charge in [0.05, 0.1) is 5.69 Å². The maximum absolute atomic E-state index is 12.1. The molecule has 0 aliphatic heterocycles. The van der Waals surface area contributed by atoms with E-state index in [4.69, 9.17) is 0 Å². The molecule has 0 aliphatic carbocycles. The van der Waals surface area contributed by atoms with Crippen molar-refractivity contribution in [2.75, 3.05) is 0 Å². The molecule has 0 atom stereocenters. The van der Waals surface area contributed by atoms with E-state index in [9.17, 15) is 8.78 Å². The summed E-state index contributed by atoms with van der Waals surface area (Å²) >= 11 is 0. The fourth-order valence-electron chi connectivity index (χ4n) is 1.91. The molecule has 1 N–H and O–H groups in total. The van der Waals surface area contributed by atoms with E-state index in [2.05, 4.69) is 14.7 Å². The number of aromatic nitrogens is 2. The quantitative estimate of drug-likeness (QED) is 0.777. The Bertz CT molecular complexity index is 695. The molecular weight excluding hydrogens is 250 g/mol. The van der Waals surface area contributed by atoms with E-state index in [1.165, 1.54) is 6.07 Å². The second-order valence-electron chi connectivity index (χ2n) is 4.01. The maximum Gasteiger partial charge on any atom is 0.388 e. The molecule has 0 bridgehead atoms. The molecule has 0 saturated heterocycles. The zero-order valence-electron chi connectivity index (χ0n) is 9.81. The highest BCUT2D eigenvalue weighted by atomic mass is 19.3. The Balaban J connectivity index is 2.01. The van der Waals surface area contributed by atoms with Crippen LogP contribution in [0.3, 0.4) is 0 Å². The number of nitrogens with zero attached hydrogens (tertiary/aromatic N) is 1. The minimum Gasteiger partial charge on any atom is -0.419 e. The van der Waals surface area contributed by atoms with Crippen LogP contribution in [0.25, 0.3) is 22.3 Å². The molecule has 0 aliphatic rings. The highest BCUT2D eigenvalue weighted by Crippen LogP contribution is 2.24. The lowest BCUT2D eigenvalue weighted by Crippen LogP contribution is -2.01. The SMILES string of the molecule is FC(F)Oc1cc2ccc(-c3ccccc3)nc2[nH]1. The summed E-state index contributed by atoms with van der Waals surface area (Å²) in [7, 11) is 0. The maximum atomic E-state index is 12.1. The summed E-state index contributed by atoms with van der Waals surface area (Å²) in [5.74, 6) is 0.0164. The van der Waals surface area contributed by atoms with Crippen molar-refractivity contribution in [1.82, 2.24) is 9.97 Å². The van der Waals surface area contributed by atoms with Gasteiger partial charge in [0.25, 0.3) is 0 Å². The molecule has 3 aromatic rings. The van der Waals surface area contributed by atoms with Gasteiger partial charge in [0.1, 0.15) is 5.65 Å². The van der Waals surface area contributed by atoms with E-state index in [0.29, 0.717) is 5.65 Å². The molecule has 0 amide bonds. The van der Waals surface area contributed by atoms with Crippen LogP contribution < -0.4 is 4.74 Å². The van der Waals surface area contributed by atoms with E-state index in [1.807, 2.05) is 42.5 Å². The lowest BCUT2D eigenvalue weighted by atomic mass is 10.1. The number of nitrogens with one attached hydrogen (secondary N) is 1. The molecule has 96 valence electrons. The number of alkyl halides is 2. The molecule has 2 aromatic heterocycles. The van der Waals surface area contributed by atoms with E-state index < -0.39 is 6.61 Å². The minimum absolute atomic E-state index is 0.0164. The summed E-state index contributed by atoms with van der Waals surface area (Å²) in [6, 6.07) is 14.8. The normalized spacial score (nSPS) is 11.1. The molecule has 0 fully saturated rings. The van der Waals surface area contributed by atoms with Crippen molar-refractivity contribution in [2.45, 2.75) is 6.61 Å². The van der Waals surface area contributed by atoms with Gasteiger partial charge in [0, 0.05) is 17.0 Å². The monoisotopic (exact) mass is 260 g/mol. The largest absolute Gasteiger partial charge is 0.419 e. The van der Waals surface area contributed by atoms with Crippen molar-refractivity contribution < 1.29 is 13.5 Å². The molecule has 3 rings (SSSR count). The van der Waals surface area contributed by atoms with Gasteiger partial charge in [-0.1, -0.05) is 30.3 Å². The summed E-state index contributed by atoms with van der Waals surface area (Å²) < 4.78 is 28.6. The Kier molecular flexibility index (Phi) is 2.87. The zero-order chi connectivity index (χ0) is 13.2. The third-order valence-electron chi connectivity index (χ3n) is 2.74. The van der Waals surface area contributed by atoms with Crippen LogP contribution in [-0.4, -0.2) is 16.6 Å². The number of benzene rings is 1. The fourth-order valence-corrected chi connectivity index (χ4v) is 1.91. The summed E-state index contributed by atoms with van der Waals surface area (Å²) in [5, 5.41) is 0.732. The zero-order valence-corrected chi connectivity index (χ0v) is 9.81. The molecule has 3 nitrogen and oxygen atoms in total. The third kappa shape index (κ3) is 2.40. The number of rotatable bonds is 3. The van der Waals surface area contributed by atoms with Crippen LogP contribution in [-0.2, 0) is 0 Å². The number of aromatic amines is 1. The van der Waals surface area contributed by atoms with Gasteiger partial charge < -0.3 is 9.72 Å². The van der Waals surface area contributed by atoms with Gasteiger partial charge in [-0.05, 0) is 12.1 Å². The van der Waals surface area contributed by atoms with Gasteiger partial charge in [-0.25, -0.2) is 4.98 Å². The van der Waals surface area contributed by atoms with Crippen LogP contribution in [0.4, 0.5) is 8.78 Å². The van der Waals surface area contributed by atoms with Crippen molar-refractivity contribution in [1.29, 1.82) is 0 Å². The second kappa shape index (κ2) is 4.68. The van der Waals surface area contributed by atoms with Crippen LogP contribution >= 0.6 is 0 Å². The van der Waals surface area contributed by atoms with E-state index >= 15 is 0 Å². The standard InChI is InChI=1S/C14H10F2N2O/c15-14(16)19-12-8-10-6-7-11(17-13(10)18-12)9-4-2-1-3-5-9/h1-8,14H,(H,17,18). The van der Waals surface area contributed by atoms with Gasteiger partial charge in [0.15, 0.2) is 5.88 Å². The minimum atomic E-state index is -2.85. The summed E-state index contributed by atoms with van der Waals surface area (Å²) in [5.41, 5.74) is 2.27. The average molecular weight is 260 g/mol.